The van der Waals surface area contributed by atoms with Gasteiger partial charge in [-0.3, -0.25) is 19.5 Å². The molecule has 1 unspecified atom stereocenters. The number of nitrogens with zero attached hydrogens (tertiary/aromatic N) is 4. The van der Waals surface area contributed by atoms with E-state index in [0.29, 0.717) is 30.6 Å². The Balaban J connectivity index is 1.88. The van der Waals surface area contributed by atoms with Crippen LogP contribution in [0.2, 0.25) is 30.8 Å². The molecule has 0 aliphatic carbocycles. The third kappa shape index (κ3) is 6.59. The highest BCUT2D eigenvalue weighted by Gasteiger charge is 2.37. The molecule has 0 saturated carbocycles. The van der Waals surface area contributed by atoms with Crippen LogP contribution in [-0.2, 0) is 16.2 Å². The molecule has 3 heterocycles. The Morgan fingerprint density at radius 2 is 2.00 bits per heavy atom. The molecule has 1 atom stereocenters. The van der Waals surface area contributed by atoms with Gasteiger partial charge in [0.15, 0.2) is 5.78 Å². The molecule has 2 aromatic heterocycles. The average Bonchev–Trinajstić information content (AvgIpc) is 3.33. The zero-order valence-electron chi connectivity index (χ0n) is 21.1. The summed E-state index contributed by atoms with van der Waals surface area (Å²) in [5.41, 5.74) is -0.740. The monoisotopic (exact) mass is 524 g/mol. The molecule has 0 N–H and O–H groups in total. The van der Waals surface area contributed by atoms with Gasteiger partial charge in [-0.2, -0.15) is 0 Å². The van der Waals surface area contributed by atoms with Gasteiger partial charge in [0, 0.05) is 39.1 Å². The number of carbonyl (C=O) groups excluding carboxylic acids is 2. The van der Waals surface area contributed by atoms with Crippen LogP contribution >= 0.6 is 11.6 Å². The number of fused-ring (bicyclic) bond motifs is 1. The predicted molar refractivity (Wildman–Crippen MR) is 136 cm³/mol. The van der Waals surface area contributed by atoms with Gasteiger partial charge < -0.3 is 14.4 Å². The number of ketones is 1. The summed E-state index contributed by atoms with van der Waals surface area (Å²) in [6.07, 6.45) is 0.963. The highest BCUT2D eigenvalue weighted by Crippen LogP contribution is 2.34. The lowest BCUT2D eigenvalue weighted by Gasteiger charge is -2.24. The number of ether oxygens (including phenoxy) is 2. The number of likely N-dealkylation sites (tertiary alicyclic amines) is 1. The predicted octanol–water partition coefficient (Wildman–Crippen LogP) is 5.35. The van der Waals surface area contributed by atoms with Gasteiger partial charge in [0.1, 0.15) is 34.9 Å². The first kappa shape index (κ1) is 27.1. The lowest BCUT2D eigenvalue weighted by molar-refractivity contribution is -0.385. The molecule has 1 aliphatic heterocycles. The second kappa shape index (κ2) is 10.2. The molecule has 1 fully saturated rings. The number of halogens is 1. The van der Waals surface area contributed by atoms with Crippen LogP contribution in [0.5, 0.6) is 0 Å². The molecule has 1 amide bonds. The van der Waals surface area contributed by atoms with Crippen molar-refractivity contribution in [2.75, 3.05) is 19.7 Å². The number of hydrogen-bond donors (Lipinski definition) is 0. The van der Waals surface area contributed by atoms with Gasteiger partial charge in [0.25, 0.3) is 5.69 Å². The number of rotatable bonds is 8. The Morgan fingerprint density at radius 3 is 2.60 bits per heavy atom. The van der Waals surface area contributed by atoms with Gasteiger partial charge >= 0.3 is 6.09 Å². The molecular formula is C23H33ClN4O6Si. The van der Waals surface area contributed by atoms with E-state index in [9.17, 15) is 19.7 Å². The normalized spacial score (nSPS) is 16.7. The van der Waals surface area contributed by atoms with Crippen LogP contribution in [0.25, 0.3) is 11.0 Å². The first-order chi connectivity index (χ1) is 16.2. The Labute approximate surface area is 210 Å². The van der Waals surface area contributed by atoms with Gasteiger partial charge in [-0.25, -0.2) is 9.78 Å². The summed E-state index contributed by atoms with van der Waals surface area (Å²) in [6, 6.07) is 2.49. The van der Waals surface area contributed by atoms with Crippen molar-refractivity contribution in [2.24, 2.45) is 5.92 Å². The largest absolute Gasteiger partial charge is 0.444 e. The lowest BCUT2D eigenvalue weighted by atomic mass is 9.94. The molecule has 2 aromatic rings. The maximum Gasteiger partial charge on any atom is 0.410 e. The first-order valence-corrected chi connectivity index (χ1v) is 15.7. The van der Waals surface area contributed by atoms with E-state index < -0.39 is 36.4 Å². The maximum atomic E-state index is 13.5. The van der Waals surface area contributed by atoms with Gasteiger partial charge in [-0.05, 0) is 39.3 Å². The van der Waals surface area contributed by atoms with Crippen molar-refractivity contribution in [2.45, 2.75) is 65.2 Å². The van der Waals surface area contributed by atoms with E-state index in [-0.39, 0.29) is 29.7 Å². The average molecular weight is 525 g/mol. The number of carbonyl (C=O) groups is 2. The van der Waals surface area contributed by atoms with Crippen LogP contribution in [0.3, 0.4) is 0 Å². The Kier molecular flexibility index (Phi) is 7.92. The maximum absolute atomic E-state index is 13.5. The summed E-state index contributed by atoms with van der Waals surface area (Å²) in [7, 11) is -1.27. The Hall–Kier alpha value is -2.50. The summed E-state index contributed by atoms with van der Waals surface area (Å²) >= 11 is 6.43. The molecular weight excluding hydrogens is 492 g/mol. The third-order valence-corrected chi connectivity index (χ3v) is 7.74. The summed E-state index contributed by atoms with van der Waals surface area (Å²) in [5, 5.41) is 12.4. The van der Waals surface area contributed by atoms with Crippen LogP contribution in [0, 0.1) is 16.0 Å². The van der Waals surface area contributed by atoms with Crippen molar-refractivity contribution in [3.63, 3.8) is 0 Å². The highest BCUT2D eigenvalue weighted by molar-refractivity contribution is 6.76. The summed E-state index contributed by atoms with van der Waals surface area (Å²) < 4.78 is 12.8. The molecule has 10 nitrogen and oxygen atoms in total. The van der Waals surface area contributed by atoms with Crippen LogP contribution < -0.4 is 0 Å². The van der Waals surface area contributed by atoms with Crippen LogP contribution in [0.15, 0.2) is 12.3 Å². The number of nitro groups is 1. The summed E-state index contributed by atoms with van der Waals surface area (Å²) in [6.45, 7) is 13.2. The minimum absolute atomic E-state index is 0.0428. The van der Waals surface area contributed by atoms with E-state index in [1.54, 1.807) is 25.3 Å². The lowest BCUT2D eigenvalue weighted by Crippen LogP contribution is -2.35. The topological polar surface area (TPSA) is 117 Å². The molecule has 35 heavy (non-hydrogen) atoms. The number of Topliss-reactive ketones (excluding diaryl/α,β-unsaturated/α-hetero) is 1. The Morgan fingerprint density at radius 1 is 1.31 bits per heavy atom. The quantitative estimate of drug-likeness (QED) is 0.150. The zero-order chi connectivity index (χ0) is 26.1. The molecule has 3 rings (SSSR count). The molecule has 0 aromatic carbocycles. The second-order valence-corrected chi connectivity index (χ2v) is 17.0. The molecule has 1 aliphatic rings. The summed E-state index contributed by atoms with van der Waals surface area (Å²) in [4.78, 5) is 42.8. The molecule has 0 radical (unpaired) electrons. The highest BCUT2D eigenvalue weighted by atomic mass is 35.5. The van der Waals surface area contributed by atoms with Crippen molar-refractivity contribution in [3.8, 4) is 0 Å². The summed E-state index contributed by atoms with van der Waals surface area (Å²) in [5.74, 6) is -1.01. The zero-order valence-corrected chi connectivity index (χ0v) is 22.8. The van der Waals surface area contributed by atoms with Crippen molar-refractivity contribution in [1.82, 2.24) is 14.5 Å². The van der Waals surface area contributed by atoms with E-state index >= 15 is 0 Å². The van der Waals surface area contributed by atoms with E-state index in [1.165, 1.54) is 11.0 Å². The van der Waals surface area contributed by atoms with Crippen LogP contribution in [0.1, 0.15) is 37.6 Å². The van der Waals surface area contributed by atoms with Gasteiger partial charge in [-0.1, -0.05) is 31.2 Å². The number of pyridine rings is 1. The number of amides is 1. The van der Waals surface area contributed by atoms with E-state index in [4.69, 9.17) is 21.1 Å². The van der Waals surface area contributed by atoms with Gasteiger partial charge in [-0.15, -0.1) is 0 Å². The van der Waals surface area contributed by atoms with Gasteiger partial charge in [0.2, 0.25) is 0 Å². The third-order valence-electron chi connectivity index (χ3n) is 5.72. The van der Waals surface area contributed by atoms with E-state index in [0.717, 1.165) is 12.2 Å². The minimum atomic E-state index is -1.27. The minimum Gasteiger partial charge on any atom is -0.444 e. The van der Waals surface area contributed by atoms with Crippen molar-refractivity contribution in [3.05, 3.63) is 33.1 Å². The van der Waals surface area contributed by atoms with Gasteiger partial charge in [0.05, 0.1) is 4.92 Å². The smallest absolute Gasteiger partial charge is 0.410 e. The van der Waals surface area contributed by atoms with Crippen molar-refractivity contribution < 1.29 is 24.0 Å². The number of aromatic nitrogens is 2. The van der Waals surface area contributed by atoms with E-state index in [2.05, 4.69) is 24.6 Å². The van der Waals surface area contributed by atoms with E-state index in [1.807, 2.05) is 0 Å². The standard InChI is InChI=1S/C23H33ClN4O6Si/c1-23(2,3)34-22(30)26-8-7-15(13-26)20(29)19-16-11-18(24)27(14-33-9-10-35(4,5)6)21(16)25-12-17(19)28(31)32/h11-12,15H,7-10,13-14H2,1-6H3. The fraction of sp³-hybridized carbons (Fsp3) is 0.609. The molecule has 0 bridgehead atoms. The van der Waals surface area contributed by atoms with Crippen molar-refractivity contribution >= 4 is 48.3 Å². The van der Waals surface area contributed by atoms with Crippen LogP contribution in [0.4, 0.5) is 10.5 Å². The second-order valence-electron chi connectivity index (χ2n) is 11.0. The molecule has 0 spiro atoms. The molecule has 1 saturated heterocycles. The number of hydrogen-bond acceptors (Lipinski definition) is 7. The van der Waals surface area contributed by atoms with Crippen LogP contribution in [-0.4, -0.2) is 64.6 Å². The fourth-order valence-electron chi connectivity index (χ4n) is 3.88. The first-order valence-electron chi connectivity index (χ1n) is 11.6. The van der Waals surface area contributed by atoms with Crippen molar-refractivity contribution in [1.29, 1.82) is 0 Å². The molecule has 12 heteroatoms. The fourth-order valence-corrected chi connectivity index (χ4v) is 4.88. The Bertz CT molecular complexity index is 1140. The SMILES string of the molecule is CC(C)(C)OC(=O)N1CCC(C(=O)c2c([N+](=O)[O-])cnc3c2cc(Cl)n3COCC[Si](C)(C)C)C1. The molecule has 192 valence electrons.